The van der Waals surface area contributed by atoms with E-state index in [0.717, 1.165) is 23.4 Å². The minimum Gasteiger partial charge on any atom is -0.496 e. The highest BCUT2D eigenvalue weighted by Crippen LogP contribution is 2.29. The second kappa shape index (κ2) is 7.26. The minimum absolute atomic E-state index is 0.0374. The van der Waals surface area contributed by atoms with Crippen molar-refractivity contribution in [2.24, 2.45) is 0 Å². The Hall–Kier alpha value is -3.10. The number of amides is 1. The maximum absolute atomic E-state index is 12.9. The first-order chi connectivity index (χ1) is 12.8. The summed E-state index contributed by atoms with van der Waals surface area (Å²) < 4.78 is 45.0. The summed E-state index contributed by atoms with van der Waals surface area (Å²) in [4.78, 5) is 12.2. The van der Waals surface area contributed by atoms with Gasteiger partial charge < -0.3 is 10.1 Å². The first-order valence-corrected chi connectivity index (χ1v) is 8.09. The third-order valence-corrected chi connectivity index (χ3v) is 4.08. The van der Waals surface area contributed by atoms with Crippen LogP contribution >= 0.6 is 0 Å². The molecule has 0 saturated heterocycles. The Balaban J connectivity index is 1.70. The van der Waals surface area contributed by atoms with Crippen LogP contribution in [0.4, 0.5) is 13.2 Å². The highest BCUT2D eigenvalue weighted by molar-refractivity contribution is 5.78. The van der Waals surface area contributed by atoms with Gasteiger partial charge in [-0.25, -0.2) is 0 Å². The van der Waals surface area contributed by atoms with Crippen molar-refractivity contribution in [3.63, 3.8) is 0 Å². The fraction of sp³-hybridized carbons (Fsp3) is 0.278. The van der Waals surface area contributed by atoms with Gasteiger partial charge in [-0.1, -0.05) is 12.1 Å². The van der Waals surface area contributed by atoms with E-state index in [4.69, 9.17) is 4.74 Å². The predicted molar refractivity (Wildman–Crippen MR) is 91.3 cm³/mol. The van der Waals surface area contributed by atoms with Crippen molar-refractivity contribution in [3.05, 3.63) is 59.0 Å². The summed E-state index contributed by atoms with van der Waals surface area (Å²) in [5.74, 6) is 0.610. The number of hydrogen-bond donors (Lipinski definition) is 1. The standard InChI is InChI=1S/C18H17F3N4O2/c1-11-3-4-12(7-14(11)27-2)8-17(26)22-9-16-24-23-15-6-5-13(10-25(15)16)18(19,20)21/h3-7,10H,8-9H2,1-2H3,(H,22,26). The molecular weight excluding hydrogens is 361 g/mol. The van der Waals surface area contributed by atoms with E-state index in [-0.39, 0.29) is 30.3 Å². The van der Waals surface area contributed by atoms with Crippen molar-refractivity contribution in [2.75, 3.05) is 7.11 Å². The summed E-state index contributed by atoms with van der Waals surface area (Å²) in [7, 11) is 1.55. The van der Waals surface area contributed by atoms with E-state index in [1.807, 2.05) is 19.1 Å². The quantitative estimate of drug-likeness (QED) is 0.741. The number of aromatic nitrogens is 3. The van der Waals surface area contributed by atoms with Crippen LogP contribution in [0.5, 0.6) is 5.75 Å². The Labute approximate surface area is 153 Å². The second-order valence-corrected chi connectivity index (χ2v) is 6.02. The smallest absolute Gasteiger partial charge is 0.417 e. The first kappa shape index (κ1) is 18.7. The number of rotatable bonds is 5. The van der Waals surface area contributed by atoms with Gasteiger partial charge in [0.05, 0.1) is 25.6 Å². The lowest BCUT2D eigenvalue weighted by atomic mass is 10.1. The summed E-state index contributed by atoms with van der Waals surface area (Å²) >= 11 is 0. The van der Waals surface area contributed by atoms with Crippen LogP contribution in [0.3, 0.4) is 0 Å². The average molecular weight is 378 g/mol. The van der Waals surface area contributed by atoms with E-state index < -0.39 is 11.7 Å². The average Bonchev–Trinajstić information content (AvgIpc) is 3.03. The number of nitrogens with zero attached hydrogens (tertiary/aromatic N) is 3. The van der Waals surface area contributed by atoms with Crippen molar-refractivity contribution in [2.45, 2.75) is 26.1 Å². The van der Waals surface area contributed by atoms with Crippen LogP contribution in [0.15, 0.2) is 36.5 Å². The van der Waals surface area contributed by atoms with Crippen molar-refractivity contribution < 1.29 is 22.7 Å². The Kier molecular flexibility index (Phi) is 5.02. The Morgan fingerprint density at radius 3 is 2.70 bits per heavy atom. The molecule has 0 unspecified atom stereocenters. The molecule has 0 spiro atoms. The third-order valence-electron chi connectivity index (χ3n) is 4.08. The molecule has 0 saturated carbocycles. The molecule has 0 aliphatic heterocycles. The van der Waals surface area contributed by atoms with Gasteiger partial charge in [0, 0.05) is 6.20 Å². The molecule has 0 fully saturated rings. The number of hydrogen-bond acceptors (Lipinski definition) is 4. The van der Waals surface area contributed by atoms with Gasteiger partial charge in [0.25, 0.3) is 0 Å². The molecule has 3 rings (SSSR count). The summed E-state index contributed by atoms with van der Waals surface area (Å²) in [6.07, 6.45) is -3.44. The lowest BCUT2D eigenvalue weighted by molar-refractivity contribution is -0.137. The number of aryl methyl sites for hydroxylation is 1. The molecule has 0 radical (unpaired) electrons. The molecule has 0 atom stereocenters. The Morgan fingerprint density at radius 2 is 2.00 bits per heavy atom. The fourth-order valence-electron chi connectivity index (χ4n) is 2.63. The van der Waals surface area contributed by atoms with Gasteiger partial charge in [0.2, 0.25) is 5.91 Å². The molecule has 0 aliphatic rings. The van der Waals surface area contributed by atoms with Crippen LogP contribution in [0.25, 0.3) is 5.65 Å². The number of fused-ring (bicyclic) bond motifs is 1. The molecule has 1 amide bonds. The lowest BCUT2D eigenvalue weighted by Gasteiger charge is -2.09. The van der Waals surface area contributed by atoms with Crippen LogP contribution < -0.4 is 10.1 Å². The third kappa shape index (κ3) is 4.18. The van der Waals surface area contributed by atoms with Crippen molar-refractivity contribution in [1.29, 1.82) is 0 Å². The Morgan fingerprint density at radius 1 is 1.22 bits per heavy atom. The molecule has 2 aromatic heterocycles. The number of halogens is 3. The van der Waals surface area contributed by atoms with E-state index in [0.29, 0.717) is 5.75 Å². The lowest BCUT2D eigenvalue weighted by Crippen LogP contribution is -2.25. The predicted octanol–water partition coefficient (Wildman–Crippen LogP) is 2.92. The Bertz CT molecular complexity index is 982. The largest absolute Gasteiger partial charge is 0.496 e. The van der Waals surface area contributed by atoms with Crippen molar-refractivity contribution >= 4 is 11.6 Å². The van der Waals surface area contributed by atoms with Crippen molar-refractivity contribution in [3.8, 4) is 5.75 Å². The van der Waals surface area contributed by atoms with Gasteiger partial charge in [-0.15, -0.1) is 10.2 Å². The van der Waals surface area contributed by atoms with Crippen LogP contribution in [-0.2, 0) is 23.9 Å². The molecule has 9 heteroatoms. The van der Waals surface area contributed by atoms with Crippen LogP contribution in [0.1, 0.15) is 22.5 Å². The number of pyridine rings is 1. The zero-order valence-electron chi connectivity index (χ0n) is 14.7. The number of nitrogens with one attached hydrogen (secondary N) is 1. The zero-order valence-corrected chi connectivity index (χ0v) is 14.7. The molecule has 0 aliphatic carbocycles. The van der Waals surface area contributed by atoms with E-state index in [2.05, 4.69) is 15.5 Å². The number of ether oxygens (including phenoxy) is 1. The maximum atomic E-state index is 12.9. The molecule has 27 heavy (non-hydrogen) atoms. The topological polar surface area (TPSA) is 68.5 Å². The molecule has 6 nitrogen and oxygen atoms in total. The van der Waals surface area contributed by atoms with E-state index in [9.17, 15) is 18.0 Å². The van der Waals surface area contributed by atoms with Crippen LogP contribution in [0.2, 0.25) is 0 Å². The maximum Gasteiger partial charge on any atom is 0.417 e. The molecule has 0 bridgehead atoms. The zero-order chi connectivity index (χ0) is 19.6. The molecule has 3 aromatic rings. The van der Waals surface area contributed by atoms with Gasteiger partial charge in [-0.2, -0.15) is 13.2 Å². The van der Waals surface area contributed by atoms with Gasteiger partial charge in [0.1, 0.15) is 5.75 Å². The molecule has 142 valence electrons. The first-order valence-electron chi connectivity index (χ1n) is 8.09. The van der Waals surface area contributed by atoms with Gasteiger partial charge in [-0.3, -0.25) is 9.20 Å². The monoisotopic (exact) mass is 378 g/mol. The van der Waals surface area contributed by atoms with Crippen LogP contribution in [-0.4, -0.2) is 27.6 Å². The summed E-state index contributed by atoms with van der Waals surface area (Å²) in [5.41, 5.74) is 1.18. The summed E-state index contributed by atoms with van der Waals surface area (Å²) in [6, 6.07) is 7.62. The SMILES string of the molecule is COc1cc(CC(=O)NCc2nnc3ccc(C(F)(F)F)cn23)ccc1C. The van der Waals surface area contributed by atoms with E-state index in [1.54, 1.807) is 13.2 Å². The molecule has 1 aromatic carbocycles. The fourth-order valence-corrected chi connectivity index (χ4v) is 2.63. The molecular formula is C18H17F3N4O2. The second-order valence-electron chi connectivity index (χ2n) is 6.02. The number of methoxy groups -OCH3 is 1. The van der Waals surface area contributed by atoms with E-state index >= 15 is 0 Å². The number of alkyl halides is 3. The number of benzene rings is 1. The van der Waals surface area contributed by atoms with Crippen LogP contribution in [0, 0.1) is 6.92 Å². The molecule has 2 heterocycles. The van der Waals surface area contributed by atoms with Gasteiger partial charge >= 0.3 is 6.18 Å². The normalized spacial score (nSPS) is 11.6. The number of carbonyl (C=O) groups excluding carboxylic acids is 1. The highest BCUT2D eigenvalue weighted by atomic mass is 19.4. The highest BCUT2D eigenvalue weighted by Gasteiger charge is 2.31. The van der Waals surface area contributed by atoms with Gasteiger partial charge in [-0.05, 0) is 36.2 Å². The summed E-state index contributed by atoms with van der Waals surface area (Å²) in [5, 5.41) is 10.3. The van der Waals surface area contributed by atoms with E-state index in [1.165, 1.54) is 10.5 Å². The van der Waals surface area contributed by atoms with Crippen molar-refractivity contribution in [1.82, 2.24) is 19.9 Å². The minimum atomic E-state index is -4.47. The van der Waals surface area contributed by atoms with Gasteiger partial charge in [0.15, 0.2) is 11.5 Å². The number of carbonyl (C=O) groups is 1. The summed E-state index contributed by atoms with van der Waals surface area (Å²) in [6.45, 7) is 1.86. The molecule has 1 N–H and O–H groups in total.